The van der Waals surface area contributed by atoms with Gasteiger partial charge < -0.3 is 30.0 Å². The molecule has 0 aliphatic heterocycles. The molecule has 0 unspecified atom stereocenters. The van der Waals surface area contributed by atoms with E-state index >= 15 is 0 Å². The van der Waals surface area contributed by atoms with Gasteiger partial charge in [-0.25, -0.2) is 0 Å². The Morgan fingerprint density at radius 3 is 1.15 bits per heavy atom. The van der Waals surface area contributed by atoms with Crippen LogP contribution in [0.3, 0.4) is 0 Å². The van der Waals surface area contributed by atoms with Crippen molar-refractivity contribution in [3.8, 4) is 33.8 Å². The molecule has 283 valence electrons. The van der Waals surface area contributed by atoms with Crippen LogP contribution in [0.4, 0.5) is 11.4 Å². The molecule has 1 radical (unpaired) electrons. The summed E-state index contributed by atoms with van der Waals surface area (Å²) in [5.74, 6) is -1.44. The standard InChI is InChI=1S/C42H38N2O2.2C2H4O2.Co/c1-27(2)37-21-33(29-13-7-5-8-14-29)19-35(41(37)45)25-43-39-23-31-17-11-12-18-32(31)24-40(39)44-26-36-20-34(30-15-9-6-10-16-30)22-38(28(3)4)42(36)46;2*1-2(3)4;/h5-28,45-46H,1-4H3;2*1H3,(H,3,4);/q;;;+2/p-2. The van der Waals surface area contributed by atoms with Crippen molar-refractivity contribution >= 4 is 46.5 Å². The van der Waals surface area contributed by atoms with Crippen molar-refractivity contribution in [1.29, 1.82) is 0 Å². The van der Waals surface area contributed by atoms with Crippen molar-refractivity contribution in [2.75, 3.05) is 0 Å². The molecular formula is C46H44CoN2O6. The quantitative estimate of drug-likeness (QED) is 0.148. The monoisotopic (exact) mass is 779 g/mol. The second-order valence-corrected chi connectivity index (χ2v) is 13.2. The first-order chi connectivity index (χ1) is 25.7. The zero-order valence-corrected chi connectivity index (χ0v) is 32.7. The van der Waals surface area contributed by atoms with Gasteiger partial charge in [0.15, 0.2) is 0 Å². The van der Waals surface area contributed by atoms with Gasteiger partial charge in [0.2, 0.25) is 0 Å². The van der Waals surface area contributed by atoms with E-state index < -0.39 is 11.9 Å². The summed E-state index contributed by atoms with van der Waals surface area (Å²) in [5, 5.41) is 42.4. The van der Waals surface area contributed by atoms with Gasteiger partial charge in [-0.1, -0.05) is 113 Å². The van der Waals surface area contributed by atoms with E-state index in [-0.39, 0.29) is 40.1 Å². The summed E-state index contributed by atoms with van der Waals surface area (Å²) in [6.07, 6.45) is 3.45. The van der Waals surface area contributed by atoms with Gasteiger partial charge in [-0.15, -0.1) is 0 Å². The Morgan fingerprint density at radius 1 is 0.527 bits per heavy atom. The van der Waals surface area contributed by atoms with E-state index in [1.54, 1.807) is 12.4 Å². The van der Waals surface area contributed by atoms with Crippen LogP contribution in [-0.4, -0.2) is 34.6 Å². The van der Waals surface area contributed by atoms with Gasteiger partial charge in [-0.2, -0.15) is 0 Å². The van der Waals surface area contributed by atoms with Crippen LogP contribution < -0.4 is 10.2 Å². The third kappa shape index (κ3) is 12.2. The van der Waals surface area contributed by atoms with Gasteiger partial charge in [0, 0.05) is 35.5 Å². The number of hydrogen-bond acceptors (Lipinski definition) is 8. The molecule has 8 nitrogen and oxygen atoms in total. The molecule has 6 aromatic carbocycles. The van der Waals surface area contributed by atoms with Crippen molar-refractivity contribution in [3.63, 3.8) is 0 Å². The molecule has 0 aliphatic carbocycles. The van der Waals surface area contributed by atoms with Gasteiger partial charge in [-0.05, 0) is 106 Å². The topological polar surface area (TPSA) is 145 Å². The minimum Gasteiger partial charge on any atom is -0.550 e. The molecule has 2 N–H and O–H groups in total. The maximum Gasteiger partial charge on any atom is 2.00 e. The summed E-state index contributed by atoms with van der Waals surface area (Å²) in [5.41, 5.74) is 8.54. The predicted octanol–water partition coefficient (Wildman–Crippen LogP) is 8.84. The fourth-order valence-electron chi connectivity index (χ4n) is 5.73. The number of carbonyl (C=O) groups excluding carboxylic acids is 2. The maximum absolute atomic E-state index is 11.3. The van der Waals surface area contributed by atoms with E-state index in [0.717, 1.165) is 58.0 Å². The molecule has 0 spiro atoms. The summed E-state index contributed by atoms with van der Waals surface area (Å²) in [6.45, 7) is 10.3. The number of aromatic hydroxyl groups is 2. The Labute approximate surface area is 332 Å². The number of aliphatic carboxylic acids is 2. The van der Waals surface area contributed by atoms with Crippen LogP contribution in [0.25, 0.3) is 33.0 Å². The molecular weight excluding hydrogens is 735 g/mol. The smallest absolute Gasteiger partial charge is 0.550 e. The summed E-state index contributed by atoms with van der Waals surface area (Å²) in [6, 6.07) is 40.5. The molecule has 55 heavy (non-hydrogen) atoms. The number of phenolic OH excluding ortho intramolecular Hbond substituents is 2. The van der Waals surface area contributed by atoms with Crippen LogP contribution in [-0.2, 0) is 26.4 Å². The average Bonchev–Trinajstić information content (AvgIpc) is 3.13. The van der Waals surface area contributed by atoms with Gasteiger partial charge in [-0.3, -0.25) is 9.98 Å². The van der Waals surface area contributed by atoms with Gasteiger partial charge in [0.05, 0.1) is 11.4 Å². The number of phenols is 2. The number of carbonyl (C=O) groups is 2. The number of aliphatic imine (C=N–C) groups is 2. The Balaban J connectivity index is 0.000000824. The Bertz CT molecular complexity index is 2110. The Morgan fingerprint density at radius 2 is 0.836 bits per heavy atom. The molecule has 0 amide bonds. The van der Waals surface area contributed by atoms with E-state index in [2.05, 4.69) is 76.2 Å². The zero-order chi connectivity index (χ0) is 39.4. The fraction of sp³-hybridized carbons (Fsp3) is 0.174. The molecule has 0 saturated heterocycles. The molecule has 0 heterocycles. The number of carboxylic acids is 2. The van der Waals surface area contributed by atoms with Crippen LogP contribution in [0.1, 0.15) is 75.6 Å². The van der Waals surface area contributed by atoms with Crippen molar-refractivity contribution in [2.45, 2.75) is 53.4 Å². The predicted molar refractivity (Wildman–Crippen MR) is 215 cm³/mol. The molecule has 0 fully saturated rings. The Kier molecular flexibility index (Phi) is 16.1. The summed E-state index contributed by atoms with van der Waals surface area (Å²) < 4.78 is 0. The van der Waals surface area contributed by atoms with E-state index in [4.69, 9.17) is 29.8 Å². The van der Waals surface area contributed by atoms with Crippen molar-refractivity contribution in [2.24, 2.45) is 9.98 Å². The molecule has 0 aromatic heterocycles. The normalized spacial score (nSPS) is 10.8. The second kappa shape index (κ2) is 20.4. The maximum atomic E-state index is 11.3. The van der Waals surface area contributed by atoms with Crippen LogP contribution in [0.2, 0.25) is 0 Å². The van der Waals surface area contributed by atoms with Gasteiger partial charge in [0.1, 0.15) is 11.5 Å². The molecule has 6 rings (SSSR count). The summed E-state index contributed by atoms with van der Waals surface area (Å²) >= 11 is 0. The number of benzene rings is 6. The zero-order valence-electron chi connectivity index (χ0n) is 31.6. The number of rotatable bonds is 8. The van der Waals surface area contributed by atoms with Crippen LogP contribution in [0, 0.1) is 0 Å². The summed E-state index contributed by atoms with van der Waals surface area (Å²) in [7, 11) is 0. The second-order valence-electron chi connectivity index (χ2n) is 13.2. The van der Waals surface area contributed by atoms with Crippen molar-refractivity contribution < 1.29 is 46.8 Å². The molecule has 0 aliphatic rings. The largest absolute Gasteiger partial charge is 2.00 e. The van der Waals surface area contributed by atoms with Crippen LogP contribution in [0.5, 0.6) is 11.5 Å². The minimum absolute atomic E-state index is 0. The Hall–Kier alpha value is -6.03. The molecule has 0 bridgehead atoms. The molecule has 6 aromatic rings. The van der Waals surface area contributed by atoms with Gasteiger partial charge in [0.25, 0.3) is 0 Å². The number of hydrogen-bond donors (Lipinski definition) is 2. The van der Waals surface area contributed by atoms with Crippen LogP contribution >= 0.6 is 0 Å². The van der Waals surface area contributed by atoms with Crippen molar-refractivity contribution in [3.05, 3.63) is 144 Å². The number of carboxylic acid groups (broad SMARTS) is 2. The molecule has 0 atom stereocenters. The fourth-order valence-corrected chi connectivity index (χ4v) is 5.73. The summed E-state index contributed by atoms with van der Waals surface area (Å²) in [4.78, 5) is 27.6. The third-order valence-corrected chi connectivity index (χ3v) is 8.32. The number of fused-ring (bicyclic) bond motifs is 1. The first-order valence-electron chi connectivity index (χ1n) is 17.6. The first-order valence-corrected chi connectivity index (χ1v) is 17.6. The van der Waals surface area contributed by atoms with Gasteiger partial charge >= 0.3 is 16.8 Å². The molecule has 0 saturated carbocycles. The van der Waals surface area contributed by atoms with E-state index in [0.29, 0.717) is 22.5 Å². The van der Waals surface area contributed by atoms with E-state index in [1.165, 1.54) is 0 Å². The van der Waals surface area contributed by atoms with Crippen molar-refractivity contribution in [1.82, 2.24) is 0 Å². The first kappa shape index (κ1) is 43.4. The number of nitrogens with zero attached hydrogens (tertiary/aromatic N) is 2. The SMILES string of the molecule is CC(=O)[O-].CC(=O)[O-].CC(C)c1cc(-c2ccccc2)cc(C=Nc2cc3ccccc3cc2N=Cc2cc(-c3ccccc3)cc(C(C)C)c2O)c1O.[Co+2]. The molecule has 9 heteroatoms. The third-order valence-electron chi connectivity index (χ3n) is 8.32. The average molecular weight is 780 g/mol. The minimum atomic E-state index is -1.08. The van der Waals surface area contributed by atoms with E-state index in [9.17, 15) is 10.2 Å². The van der Waals surface area contributed by atoms with Crippen LogP contribution in [0.15, 0.2) is 131 Å². The van der Waals surface area contributed by atoms with E-state index in [1.807, 2.05) is 72.8 Å².